The van der Waals surface area contributed by atoms with Gasteiger partial charge in [0.15, 0.2) is 0 Å². The fourth-order valence-electron chi connectivity index (χ4n) is 2.95. The molecule has 1 N–H and O–H groups in total. The number of oxazole rings is 1. The summed E-state index contributed by atoms with van der Waals surface area (Å²) in [4.78, 5) is 12.9. The summed E-state index contributed by atoms with van der Waals surface area (Å²) in [5.41, 5.74) is 2.99. The Labute approximate surface area is 169 Å². The van der Waals surface area contributed by atoms with Gasteiger partial charge in [-0.25, -0.2) is 15.0 Å². The number of anilines is 1. The van der Waals surface area contributed by atoms with E-state index in [1.165, 1.54) is 0 Å². The van der Waals surface area contributed by atoms with Crippen molar-refractivity contribution in [3.8, 4) is 17.2 Å². The highest BCUT2D eigenvalue weighted by Gasteiger charge is 2.11. The van der Waals surface area contributed by atoms with Crippen molar-refractivity contribution in [1.29, 1.82) is 0 Å². The number of aryl methyl sites for hydroxylation is 1. The second-order valence-electron chi connectivity index (χ2n) is 6.56. The predicted octanol–water partition coefficient (Wildman–Crippen LogP) is 4.67. The third kappa shape index (κ3) is 4.99. The quantitative estimate of drug-likeness (QED) is 0.474. The maximum atomic E-state index is 5.93. The van der Waals surface area contributed by atoms with Crippen LogP contribution in [0, 0.1) is 6.92 Å². The smallest absolute Gasteiger partial charge is 0.226 e. The summed E-state index contributed by atoms with van der Waals surface area (Å²) >= 11 is 0. The summed E-state index contributed by atoms with van der Waals surface area (Å²) in [7, 11) is 0. The second-order valence-corrected chi connectivity index (χ2v) is 6.56. The van der Waals surface area contributed by atoms with Crippen LogP contribution in [-0.4, -0.2) is 21.6 Å². The Morgan fingerprint density at radius 1 is 0.966 bits per heavy atom. The van der Waals surface area contributed by atoms with Crippen molar-refractivity contribution < 1.29 is 9.15 Å². The topological polar surface area (TPSA) is 73.1 Å². The number of rotatable bonds is 8. The molecule has 0 atom stereocenters. The van der Waals surface area contributed by atoms with Crippen LogP contribution in [0.2, 0.25) is 0 Å². The van der Waals surface area contributed by atoms with Crippen LogP contribution >= 0.6 is 0 Å². The van der Waals surface area contributed by atoms with Crippen LogP contribution in [0.25, 0.3) is 11.5 Å². The number of aromatic nitrogens is 3. The molecule has 0 saturated carbocycles. The molecule has 29 heavy (non-hydrogen) atoms. The highest BCUT2D eigenvalue weighted by Crippen LogP contribution is 2.22. The number of hydrogen-bond donors (Lipinski definition) is 1. The molecule has 0 aliphatic rings. The molecule has 0 aliphatic heterocycles. The first-order chi connectivity index (χ1) is 14.3. The average molecular weight is 386 g/mol. The van der Waals surface area contributed by atoms with E-state index in [1.807, 2.05) is 61.5 Å². The van der Waals surface area contributed by atoms with E-state index in [-0.39, 0.29) is 0 Å². The van der Waals surface area contributed by atoms with E-state index in [0.29, 0.717) is 31.4 Å². The lowest BCUT2D eigenvalue weighted by atomic mass is 10.2. The number of nitrogens with one attached hydrogen (secondary N) is 1. The van der Waals surface area contributed by atoms with Gasteiger partial charge in [-0.3, -0.25) is 0 Å². The minimum Gasteiger partial charge on any atom is -0.493 e. The zero-order valence-electron chi connectivity index (χ0n) is 16.2. The van der Waals surface area contributed by atoms with Crippen molar-refractivity contribution in [1.82, 2.24) is 15.0 Å². The lowest BCUT2D eigenvalue weighted by Gasteiger charge is -2.08. The van der Waals surface area contributed by atoms with Crippen LogP contribution in [0.1, 0.15) is 17.0 Å². The molecule has 2 aromatic heterocycles. The number of ether oxygens (including phenoxy) is 1. The molecule has 0 aliphatic carbocycles. The summed E-state index contributed by atoms with van der Waals surface area (Å²) < 4.78 is 11.7. The Bertz CT molecular complexity index is 1050. The summed E-state index contributed by atoms with van der Waals surface area (Å²) in [6.45, 7) is 3.09. The van der Waals surface area contributed by atoms with Crippen molar-refractivity contribution >= 4 is 5.95 Å². The summed E-state index contributed by atoms with van der Waals surface area (Å²) in [5, 5.41) is 3.20. The van der Waals surface area contributed by atoms with Crippen LogP contribution in [0.5, 0.6) is 5.75 Å². The SMILES string of the molecule is Cc1oc(-c2ccccc2)nc1CCOc1cccc(CNc2ncccn2)c1. The summed E-state index contributed by atoms with van der Waals surface area (Å²) in [6.07, 6.45) is 4.11. The molecule has 4 aromatic rings. The normalized spacial score (nSPS) is 10.7. The minimum absolute atomic E-state index is 0.528. The van der Waals surface area contributed by atoms with Gasteiger partial charge >= 0.3 is 0 Å². The molecular weight excluding hydrogens is 364 g/mol. The standard InChI is InChI=1S/C23H22N4O2/c1-17-21(27-22(29-17)19-8-3-2-4-9-19)11-14-28-20-10-5-7-18(15-20)16-26-23-24-12-6-13-25-23/h2-10,12-13,15H,11,14,16H2,1H3,(H,24,25,26). The highest BCUT2D eigenvalue weighted by atomic mass is 16.5. The third-order valence-corrected chi connectivity index (χ3v) is 4.44. The van der Waals surface area contributed by atoms with Crippen LogP contribution in [0.15, 0.2) is 77.5 Å². The van der Waals surface area contributed by atoms with Gasteiger partial charge in [-0.1, -0.05) is 30.3 Å². The Morgan fingerprint density at radius 2 is 1.79 bits per heavy atom. The lowest BCUT2D eigenvalue weighted by Crippen LogP contribution is -2.05. The van der Waals surface area contributed by atoms with Crippen molar-refractivity contribution in [2.45, 2.75) is 19.9 Å². The Kier molecular flexibility index (Phi) is 5.81. The van der Waals surface area contributed by atoms with E-state index in [0.717, 1.165) is 28.3 Å². The predicted molar refractivity (Wildman–Crippen MR) is 112 cm³/mol. The zero-order chi connectivity index (χ0) is 19.9. The van der Waals surface area contributed by atoms with Gasteiger partial charge in [0.2, 0.25) is 11.8 Å². The van der Waals surface area contributed by atoms with Gasteiger partial charge in [-0.2, -0.15) is 0 Å². The van der Waals surface area contributed by atoms with Crippen molar-refractivity contribution in [3.05, 3.63) is 90.1 Å². The van der Waals surface area contributed by atoms with E-state index in [2.05, 4.69) is 20.3 Å². The van der Waals surface area contributed by atoms with Gasteiger partial charge in [0.1, 0.15) is 11.5 Å². The van der Waals surface area contributed by atoms with Crippen LogP contribution < -0.4 is 10.1 Å². The van der Waals surface area contributed by atoms with E-state index in [1.54, 1.807) is 18.5 Å². The fourth-order valence-corrected chi connectivity index (χ4v) is 2.95. The van der Waals surface area contributed by atoms with E-state index < -0.39 is 0 Å². The van der Waals surface area contributed by atoms with Gasteiger partial charge in [0.25, 0.3) is 0 Å². The molecule has 0 amide bonds. The summed E-state index contributed by atoms with van der Waals surface area (Å²) in [6, 6.07) is 19.7. The maximum absolute atomic E-state index is 5.93. The van der Waals surface area contributed by atoms with Crippen molar-refractivity contribution in [2.24, 2.45) is 0 Å². The molecular formula is C23H22N4O2. The molecule has 0 saturated heterocycles. The van der Waals surface area contributed by atoms with Crippen molar-refractivity contribution in [3.63, 3.8) is 0 Å². The molecule has 0 bridgehead atoms. The van der Waals surface area contributed by atoms with Gasteiger partial charge in [-0.05, 0) is 42.8 Å². The molecule has 0 spiro atoms. The Hall–Kier alpha value is -3.67. The molecule has 2 heterocycles. The largest absolute Gasteiger partial charge is 0.493 e. The molecule has 0 unspecified atom stereocenters. The van der Waals surface area contributed by atoms with Crippen molar-refractivity contribution in [2.75, 3.05) is 11.9 Å². The van der Waals surface area contributed by atoms with Gasteiger partial charge in [0.05, 0.1) is 12.3 Å². The molecule has 6 nitrogen and oxygen atoms in total. The number of hydrogen-bond acceptors (Lipinski definition) is 6. The van der Waals surface area contributed by atoms with E-state index in [9.17, 15) is 0 Å². The molecule has 2 aromatic carbocycles. The van der Waals surface area contributed by atoms with Gasteiger partial charge < -0.3 is 14.5 Å². The van der Waals surface area contributed by atoms with E-state index >= 15 is 0 Å². The van der Waals surface area contributed by atoms with E-state index in [4.69, 9.17) is 9.15 Å². The molecule has 0 fully saturated rings. The van der Waals surface area contributed by atoms with Gasteiger partial charge in [-0.15, -0.1) is 0 Å². The molecule has 146 valence electrons. The summed E-state index contributed by atoms with van der Waals surface area (Å²) in [5.74, 6) is 2.90. The fraction of sp³-hybridized carbons (Fsp3) is 0.174. The Morgan fingerprint density at radius 3 is 2.62 bits per heavy atom. The number of benzene rings is 2. The van der Waals surface area contributed by atoms with Crippen LogP contribution in [0.3, 0.4) is 0 Å². The third-order valence-electron chi connectivity index (χ3n) is 4.44. The average Bonchev–Trinajstić information content (AvgIpc) is 3.15. The monoisotopic (exact) mass is 386 g/mol. The van der Waals surface area contributed by atoms with Gasteiger partial charge in [0, 0.05) is 30.9 Å². The second kappa shape index (κ2) is 9.01. The molecule has 4 rings (SSSR count). The Balaban J connectivity index is 1.32. The molecule has 0 radical (unpaired) electrons. The van der Waals surface area contributed by atoms with Crippen LogP contribution in [0.4, 0.5) is 5.95 Å². The first-order valence-corrected chi connectivity index (χ1v) is 9.52. The lowest BCUT2D eigenvalue weighted by molar-refractivity contribution is 0.319. The zero-order valence-corrected chi connectivity index (χ0v) is 16.2. The highest BCUT2D eigenvalue weighted by molar-refractivity contribution is 5.53. The first kappa shape index (κ1) is 18.7. The van der Waals surface area contributed by atoms with Crippen LogP contribution in [-0.2, 0) is 13.0 Å². The minimum atomic E-state index is 0.528. The first-order valence-electron chi connectivity index (χ1n) is 9.52. The number of nitrogens with zero attached hydrogens (tertiary/aromatic N) is 3. The molecule has 6 heteroatoms. The maximum Gasteiger partial charge on any atom is 0.226 e.